The van der Waals surface area contributed by atoms with Gasteiger partial charge in [-0.05, 0) is 44.9 Å². The average Bonchev–Trinajstić information content (AvgIpc) is 2.30. The molecule has 0 radical (unpaired) electrons. The molecule has 0 aliphatic heterocycles. The van der Waals surface area contributed by atoms with Gasteiger partial charge in [0.05, 0.1) is 21.7 Å². The molecular formula is C13H20Cl2N2O. The molecule has 1 aromatic rings. The molecule has 5 heteroatoms. The summed E-state index contributed by atoms with van der Waals surface area (Å²) in [4.78, 5) is 0. The molecule has 0 saturated carbocycles. The molecule has 1 atom stereocenters. The van der Waals surface area contributed by atoms with Crippen LogP contribution in [0.5, 0.6) is 0 Å². The molecule has 3 N–H and O–H groups in total. The molecular weight excluding hydrogens is 271 g/mol. The van der Waals surface area contributed by atoms with Crippen molar-refractivity contribution in [3.05, 3.63) is 33.8 Å². The predicted octanol–water partition coefficient (Wildman–Crippen LogP) is 3.18. The molecule has 18 heavy (non-hydrogen) atoms. The largest absolute Gasteiger partial charge is 0.374 e. The molecule has 0 aromatic heterocycles. The highest BCUT2D eigenvalue weighted by Gasteiger charge is 2.29. The third kappa shape index (κ3) is 4.11. The van der Waals surface area contributed by atoms with E-state index in [0.29, 0.717) is 16.7 Å². The molecule has 0 saturated heterocycles. The Morgan fingerprint density at radius 3 is 2.50 bits per heavy atom. The summed E-state index contributed by atoms with van der Waals surface area (Å²) >= 11 is 11.9. The van der Waals surface area contributed by atoms with Gasteiger partial charge < -0.3 is 4.74 Å². The molecule has 0 spiro atoms. The van der Waals surface area contributed by atoms with Crippen molar-refractivity contribution in [3.8, 4) is 0 Å². The number of hydrogen-bond donors (Lipinski definition) is 2. The van der Waals surface area contributed by atoms with Crippen LogP contribution in [0.15, 0.2) is 18.2 Å². The third-order valence-corrected chi connectivity index (χ3v) is 3.72. The second kappa shape index (κ2) is 6.73. The van der Waals surface area contributed by atoms with E-state index in [0.717, 1.165) is 12.0 Å². The van der Waals surface area contributed by atoms with Crippen molar-refractivity contribution < 1.29 is 4.74 Å². The first-order valence-corrected chi connectivity index (χ1v) is 6.70. The maximum atomic E-state index is 6.00. The fourth-order valence-electron chi connectivity index (χ4n) is 1.88. The maximum absolute atomic E-state index is 6.00. The first-order valence-electron chi connectivity index (χ1n) is 5.94. The lowest BCUT2D eigenvalue weighted by atomic mass is 9.92. The van der Waals surface area contributed by atoms with E-state index in [1.54, 1.807) is 6.07 Å². The molecule has 102 valence electrons. The van der Waals surface area contributed by atoms with E-state index in [4.69, 9.17) is 33.8 Å². The summed E-state index contributed by atoms with van der Waals surface area (Å²) in [6.07, 6.45) is 0.723. The van der Waals surface area contributed by atoms with Gasteiger partial charge in [0.15, 0.2) is 0 Å². The van der Waals surface area contributed by atoms with Gasteiger partial charge in [-0.25, -0.2) is 0 Å². The van der Waals surface area contributed by atoms with Crippen LogP contribution in [0.25, 0.3) is 0 Å². The lowest BCUT2D eigenvalue weighted by molar-refractivity contribution is -0.0380. The summed E-state index contributed by atoms with van der Waals surface area (Å²) in [5.74, 6) is 5.62. The fourth-order valence-corrected chi connectivity index (χ4v) is 2.20. The fraction of sp³-hybridized carbons (Fsp3) is 0.538. The minimum Gasteiger partial charge on any atom is -0.374 e. The Morgan fingerprint density at radius 2 is 2.00 bits per heavy atom. The van der Waals surface area contributed by atoms with E-state index in [9.17, 15) is 0 Å². The van der Waals surface area contributed by atoms with Gasteiger partial charge in [0.25, 0.3) is 0 Å². The molecule has 0 fully saturated rings. The standard InChI is InChI=1S/C13H20Cl2N2O/c1-4-18-13(2,3)12(17-16)8-9-5-6-10(14)11(15)7-9/h5-7,12,17H,4,8,16H2,1-3H3. The summed E-state index contributed by atoms with van der Waals surface area (Å²) in [5.41, 5.74) is 3.53. The Kier molecular flexibility index (Phi) is 5.89. The van der Waals surface area contributed by atoms with Crippen molar-refractivity contribution in [1.29, 1.82) is 0 Å². The van der Waals surface area contributed by atoms with Crippen molar-refractivity contribution in [3.63, 3.8) is 0 Å². The smallest absolute Gasteiger partial charge is 0.0795 e. The molecule has 0 amide bonds. The summed E-state index contributed by atoms with van der Waals surface area (Å²) in [7, 11) is 0. The van der Waals surface area contributed by atoms with Crippen LogP contribution in [0.1, 0.15) is 26.3 Å². The van der Waals surface area contributed by atoms with E-state index in [2.05, 4.69) is 5.43 Å². The second-order valence-electron chi connectivity index (χ2n) is 4.71. The predicted molar refractivity (Wildman–Crippen MR) is 77.0 cm³/mol. The zero-order valence-electron chi connectivity index (χ0n) is 11.0. The molecule has 0 aliphatic rings. The van der Waals surface area contributed by atoms with Gasteiger partial charge in [-0.2, -0.15) is 0 Å². The van der Waals surface area contributed by atoms with Crippen LogP contribution in [-0.2, 0) is 11.2 Å². The van der Waals surface area contributed by atoms with Crippen LogP contribution in [0.2, 0.25) is 10.0 Å². The van der Waals surface area contributed by atoms with Gasteiger partial charge in [0.1, 0.15) is 0 Å². The molecule has 1 aromatic carbocycles. The van der Waals surface area contributed by atoms with E-state index < -0.39 is 0 Å². The monoisotopic (exact) mass is 290 g/mol. The molecule has 0 heterocycles. The van der Waals surface area contributed by atoms with Crippen molar-refractivity contribution in [2.75, 3.05) is 6.61 Å². The average molecular weight is 291 g/mol. The Hall–Kier alpha value is -0.320. The van der Waals surface area contributed by atoms with Crippen molar-refractivity contribution in [2.24, 2.45) is 5.84 Å². The first kappa shape index (κ1) is 15.7. The zero-order chi connectivity index (χ0) is 13.8. The topological polar surface area (TPSA) is 47.3 Å². The van der Waals surface area contributed by atoms with Crippen LogP contribution in [0, 0.1) is 0 Å². The number of benzene rings is 1. The van der Waals surface area contributed by atoms with Crippen molar-refractivity contribution in [1.82, 2.24) is 5.43 Å². The summed E-state index contributed by atoms with van der Waals surface area (Å²) in [6, 6.07) is 5.59. The first-order chi connectivity index (χ1) is 8.40. The minimum atomic E-state index is -0.352. The van der Waals surface area contributed by atoms with Crippen LogP contribution in [0.3, 0.4) is 0 Å². The van der Waals surface area contributed by atoms with Gasteiger partial charge in [-0.15, -0.1) is 0 Å². The van der Waals surface area contributed by atoms with Gasteiger partial charge in [-0.3, -0.25) is 11.3 Å². The number of hydrogen-bond acceptors (Lipinski definition) is 3. The summed E-state index contributed by atoms with van der Waals surface area (Å²) in [6.45, 7) is 6.64. The number of nitrogens with two attached hydrogens (primary N) is 1. The Balaban J connectivity index is 2.82. The molecule has 1 rings (SSSR count). The van der Waals surface area contributed by atoms with Gasteiger partial charge in [0, 0.05) is 6.61 Å². The van der Waals surface area contributed by atoms with E-state index in [1.165, 1.54) is 0 Å². The highest BCUT2D eigenvalue weighted by molar-refractivity contribution is 6.42. The summed E-state index contributed by atoms with van der Waals surface area (Å²) < 4.78 is 5.71. The number of halogens is 2. The second-order valence-corrected chi connectivity index (χ2v) is 5.52. The third-order valence-electron chi connectivity index (χ3n) is 2.98. The molecule has 1 unspecified atom stereocenters. The highest BCUT2D eigenvalue weighted by Crippen LogP contribution is 2.25. The van der Waals surface area contributed by atoms with E-state index >= 15 is 0 Å². The van der Waals surface area contributed by atoms with Crippen molar-refractivity contribution in [2.45, 2.75) is 38.8 Å². The van der Waals surface area contributed by atoms with Crippen LogP contribution >= 0.6 is 23.2 Å². The van der Waals surface area contributed by atoms with Crippen LogP contribution in [-0.4, -0.2) is 18.2 Å². The van der Waals surface area contributed by atoms with Gasteiger partial charge in [-0.1, -0.05) is 29.3 Å². The Labute approximate surface area is 119 Å². The van der Waals surface area contributed by atoms with E-state index in [-0.39, 0.29) is 11.6 Å². The maximum Gasteiger partial charge on any atom is 0.0795 e. The van der Waals surface area contributed by atoms with Crippen LogP contribution in [0.4, 0.5) is 0 Å². The molecule has 3 nitrogen and oxygen atoms in total. The Morgan fingerprint density at radius 1 is 1.33 bits per heavy atom. The van der Waals surface area contributed by atoms with Gasteiger partial charge >= 0.3 is 0 Å². The number of rotatable bonds is 6. The minimum absolute atomic E-state index is 0.00491. The molecule has 0 bridgehead atoms. The number of ether oxygens (including phenoxy) is 1. The lowest BCUT2D eigenvalue weighted by Crippen LogP contribution is -2.52. The summed E-state index contributed by atoms with van der Waals surface area (Å²) in [5, 5.41) is 1.11. The van der Waals surface area contributed by atoms with E-state index in [1.807, 2.05) is 32.9 Å². The molecule has 0 aliphatic carbocycles. The number of hydrazine groups is 1. The van der Waals surface area contributed by atoms with Crippen LogP contribution < -0.4 is 11.3 Å². The SMILES string of the molecule is CCOC(C)(C)C(Cc1ccc(Cl)c(Cl)c1)NN. The normalized spacial score (nSPS) is 13.7. The van der Waals surface area contributed by atoms with Gasteiger partial charge in [0.2, 0.25) is 0 Å². The number of nitrogens with one attached hydrogen (secondary N) is 1. The van der Waals surface area contributed by atoms with Crippen molar-refractivity contribution >= 4 is 23.2 Å². The highest BCUT2D eigenvalue weighted by atomic mass is 35.5. The lowest BCUT2D eigenvalue weighted by Gasteiger charge is -2.33. The zero-order valence-corrected chi connectivity index (χ0v) is 12.5. The quantitative estimate of drug-likeness (QED) is 0.625. The Bertz CT molecular complexity index is 397.